The highest BCUT2D eigenvalue weighted by Gasteiger charge is 2.19. The van der Waals surface area contributed by atoms with Gasteiger partial charge in [-0.15, -0.1) is 0 Å². The van der Waals surface area contributed by atoms with E-state index < -0.39 is 11.9 Å². The smallest absolute Gasteiger partial charge is 0.308 e. The number of benzene rings is 1. The third-order valence-corrected chi connectivity index (χ3v) is 2.79. The summed E-state index contributed by atoms with van der Waals surface area (Å²) in [6.07, 6.45) is 0.539. The maximum Gasteiger partial charge on any atom is 0.308 e. The van der Waals surface area contributed by atoms with E-state index in [1.807, 2.05) is 13.8 Å². The fourth-order valence-corrected chi connectivity index (χ4v) is 1.79. The van der Waals surface area contributed by atoms with Crippen molar-refractivity contribution in [2.75, 3.05) is 12.3 Å². The average molecular weight is 264 g/mol. The number of anilines is 1. The van der Waals surface area contributed by atoms with E-state index in [-0.39, 0.29) is 18.4 Å². The van der Waals surface area contributed by atoms with E-state index in [1.165, 1.54) is 0 Å². The Labute approximate surface area is 112 Å². The normalized spacial score (nSPS) is 12.2. The second-order valence-electron chi connectivity index (χ2n) is 5.00. The van der Waals surface area contributed by atoms with Crippen molar-refractivity contribution in [1.29, 1.82) is 0 Å². The third kappa shape index (κ3) is 4.99. The Morgan fingerprint density at radius 3 is 2.32 bits per heavy atom. The molecule has 1 rings (SSSR count). The van der Waals surface area contributed by atoms with E-state index in [0.717, 1.165) is 0 Å². The van der Waals surface area contributed by atoms with Crippen LogP contribution in [-0.2, 0) is 4.79 Å². The van der Waals surface area contributed by atoms with Gasteiger partial charge >= 0.3 is 5.97 Å². The molecule has 0 aliphatic heterocycles. The van der Waals surface area contributed by atoms with Crippen LogP contribution in [0.2, 0.25) is 0 Å². The first-order chi connectivity index (χ1) is 8.90. The molecule has 0 saturated heterocycles. The minimum Gasteiger partial charge on any atom is -0.481 e. The standard InChI is InChI=1S/C14H20N2O3/c1-9(2)7-11(14(18)19)8-16-13(17)10-3-5-12(15)6-4-10/h3-6,9,11H,7-8,15H2,1-2H3,(H,16,17)(H,18,19). The number of hydrogen-bond donors (Lipinski definition) is 3. The van der Waals surface area contributed by atoms with Gasteiger partial charge in [-0.1, -0.05) is 13.8 Å². The lowest BCUT2D eigenvalue weighted by Crippen LogP contribution is -2.33. The molecule has 0 fully saturated rings. The number of carbonyl (C=O) groups is 2. The lowest BCUT2D eigenvalue weighted by Gasteiger charge is -2.15. The van der Waals surface area contributed by atoms with E-state index in [9.17, 15) is 9.59 Å². The highest BCUT2D eigenvalue weighted by Crippen LogP contribution is 2.11. The second-order valence-corrected chi connectivity index (χ2v) is 5.00. The van der Waals surface area contributed by atoms with Crippen LogP contribution in [-0.4, -0.2) is 23.5 Å². The fourth-order valence-electron chi connectivity index (χ4n) is 1.79. The summed E-state index contributed by atoms with van der Waals surface area (Å²) in [5, 5.41) is 11.7. The number of rotatable bonds is 6. The first kappa shape index (κ1) is 15.0. The summed E-state index contributed by atoms with van der Waals surface area (Å²) in [6.45, 7) is 4.05. The summed E-state index contributed by atoms with van der Waals surface area (Å²) in [5.41, 5.74) is 6.59. The van der Waals surface area contributed by atoms with E-state index in [0.29, 0.717) is 17.7 Å². The molecule has 0 heterocycles. The topological polar surface area (TPSA) is 92.4 Å². The molecule has 0 spiro atoms. The van der Waals surface area contributed by atoms with Crippen LogP contribution in [0.4, 0.5) is 5.69 Å². The first-order valence-corrected chi connectivity index (χ1v) is 6.26. The zero-order valence-electron chi connectivity index (χ0n) is 11.2. The summed E-state index contributed by atoms with van der Waals surface area (Å²) in [4.78, 5) is 22.9. The molecule has 1 aromatic carbocycles. The van der Waals surface area contributed by atoms with Gasteiger partial charge in [0.25, 0.3) is 5.91 Å². The Balaban J connectivity index is 2.56. The Kier molecular flexibility index (Phi) is 5.36. The molecule has 104 valence electrons. The molecule has 0 bridgehead atoms. The quantitative estimate of drug-likeness (QED) is 0.682. The van der Waals surface area contributed by atoms with Crippen molar-refractivity contribution in [2.24, 2.45) is 11.8 Å². The number of amides is 1. The van der Waals surface area contributed by atoms with Crippen LogP contribution in [0.25, 0.3) is 0 Å². The molecule has 0 radical (unpaired) electrons. The van der Waals surface area contributed by atoms with Gasteiger partial charge in [0.2, 0.25) is 0 Å². The Hall–Kier alpha value is -2.04. The molecule has 0 aliphatic rings. The molecule has 1 aromatic rings. The van der Waals surface area contributed by atoms with Gasteiger partial charge in [0.1, 0.15) is 0 Å². The molecule has 0 saturated carbocycles. The van der Waals surface area contributed by atoms with E-state index in [4.69, 9.17) is 10.8 Å². The van der Waals surface area contributed by atoms with Gasteiger partial charge in [-0.3, -0.25) is 9.59 Å². The Bertz CT molecular complexity index is 441. The molecule has 0 aliphatic carbocycles. The monoisotopic (exact) mass is 264 g/mol. The van der Waals surface area contributed by atoms with Crippen molar-refractivity contribution in [3.63, 3.8) is 0 Å². The summed E-state index contributed by atoms with van der Waals surface area (Å²) in [6, 6.07) is 6.50. The van der Waals surface area contributed by atoms with Crippen LogP contribution in [0.5, 0.6) is 0 Å². The van der Waals surface area contributed by atoms with Crippen LogP contribution in [0.15, 0.2) is 24.3 Å². The fraction of sp³-hybridized carbons (Fsp3) is 0.429. The van der Waals surface area contributed by atoms with Crippen LogP contribution < -0.4 is 11.1 Å². The van der Waals surface area contributed by atoms with Crippen LogP contribution >= 0.6 is 0 Å². The molecule has 1 unspecified atom stereocenters. The van der Waals surface area contributed by atoms with E-state index in [2.05, 4.69) is 5.32 Å². The molecular formula is C14H20N2O3. The SMILES string of the molecule is CC(C)CC(CNC(=O)c1ccc(N)cc1)C(=O)O. The summed E-state index contributed by atoms with van der Waals surface area (Å²) in [7, 11) is 0. The zero-order valence-corrected chi connectivity index (χ0v) is 11.2. The van der Waals surface area contributed by atoms with Gasteiger partial charge in [0.05, 0.1) is 5.92 Å². The predicted molar refractivity (Wildman–Crippen MR) is 73.8 cm³/mol. The highest BCUT2D eigenvalue weighted by molar-refractivity contribution is 5.94. The van der Waals surface area contributed by atoms with Gasteiger partial charge in [-0.05, 0) is 36.6 Å². The molecule has 5 nitrogen and oxygen atoms in total. The second kappa shape index (κ2) is 6.78. The van der Waals surface area contributed by atoms with Crippen molar-refractivity contribution < 1.29 is 14.7 Å². The van der Waals surface area contributed by atoms with E-state index >= 15 is 0 Å². The van der Waals surface area contributed by atoms with Gasteiger partial charge in [0.15, 0.2) is 0 Å². The molecule has 5 heteroatoms. The molecule has 0 aromatic heterocycles. The summed E-state index contributed by atoms with van der Waals surface area (Å²) in [5.74, 6) is -1.45. The lowest BCUT2D eigenvalue weighted by atomic mass is 9.97. The number of hydrogen-bond acceptors (Lipinski definition) is 3. The predicted octanol–water partition coefficient (Wildman–Crippen LogP) is 1.75. The van der Waals surface area contributed by atoms with Gasteiger partial charge in [-0.2, -0.15) is 0 Å². The molecule has 4 N–H and O–H groups in total. The minimum absolute atomic E-state index is 0.136. The summed E-state index contributed by atoms with van der Waals surface area (Å²) >= 11 is 0. The number of nitrogens with two attached hydrogens (primary N) is 1. The number of nitrogen functional groups attached to an aromatic ring is 1. The minimum atomic E-state index is -0.883. The molecular weight excluding hydrogens is 244 g/mol. The third-order valence-electron chi connectivity index (χ3n) is 2.79. The Morgan fingerprint density at radius 1 is 1.26 bits per heavy atom. The van der Waals surface area contributed by atoms with Gasteiger partial charge in [0, 0.05) is 17.8 Å². The maximum atomic E-state index is 11.8. The zero-order chi connectivity index (χ0) is 14.4. The first-order valence-electron chi connectivity index (χ1n) is 6.26. The van der Waals surface area contributed by atoms with Gasteiger partial charge < -0.3 is 16.2 Å². The van der Waals surface area contributed by atoms with Crippen LogP contribution in [0, 0.1) is 11.8 Å². The molecule has 1 amide bonds. The number of carboxylic acid groups (broad SMARTS) is 1. The molecule has 19 heavy (non-hydrogen) atoms. The summed E-state index contributed by atoms with van der Waals surface area (Å²) < 4.78 is 0. The number of nitrogens with one attached hydrogen (secondary N) is 1. The van der Waals surface area contributed by atoms with Crippen LogP contribution in [0.1, 0.15) is 30.6 Å². The van der Waals surface area contributed by atoms with Crippen molar-refractivity contribution >= 4 is 17.6 Å². The molecule has 1 atom stereocenters. The van der Waals surface area contributed by atoms with Crippen molar-refractivity contribution in [1.82, 2.24) is 5.32 Å². The number of aliphatic carboxylic acids is 1. The van der Waals surface area contributed by atoms with Gasteiger partial charge in [-0.25, -0.2) is 0 Å². The van der Waals surface area contributed by atoms with Crippen molar-refractivity contribution in [2.45, 2.75) is 20.3 Å². The number of carboxylic acids is 1. The van der Waals surface area contributed by atoms with Crippen molar-refractivity contribution in [3.05, 3.63) is 29.8 Å². The van der Waals surface area contributed by atoms with Crippen molar-refractivity contribution in [3.8, 4) is 0 Å². The highest BCUT2D eigenvalue weighted by atomic mass is 16.4. The largest absolute Gasteiger partial charge is 0.481 e. The maximum absolute atomic E-state index is 11.8. The van der Waals surface area contributed by atoms with E-state index in [1.54, 1.807) is 24.3 Å². The average Bonchev–Trinajstić information content (AvgIpc) is 2.34. The number of carbonyl (C=O) groups excluding carboxylic acids is 1. The lowest BCUT2D eigenvalue weighted by molar-refractivity contribution is -0.142. The Morgan fingerprint density at radius 2 is 1.84 bits per heavy atom. The van der Waals surface area contributed by atoms with Crippen LogP contribution in [0.3, 0.4) is 0 Å².